The van der Waals surface area contributed by atoms with E-state index in [1.165, 1.54) is 70.4 Å². The number of quaternary nitrogens is 2. The van der Waals surface area contributed by atoms with Crippen LogP contribution in [0.1, 0.15) is 44.2 Å². The number of hydrogen-bond donors (Lipinski definition) is 2. The molecule has 0 bridgehead atoms. The Morgan fingerprint density at radius 2 is 1.70 bits per heavy atom. The van der Waals surface area contributed by atoms with Crippen molar-refractivity contribution in [3.8, 4) is 0 Å². The second-order valence-corrected chi connectivity index (χ2v) is 6.59. The van der Waals surface area contributed by atoms with Crippen molar-refractivity contribution in [2.45, 2.75) is 51.1 Å². The molecule has 0 spiro atoms. The fourth-order valence-electron chi connectivity index (χ4n) is 3.96. The van der Waals surface area contributed by atoms with Crippen molar-refractivity contribution in [3.63, 3.8) is 0 Å². The van der Waals surface area contributed by atoms with E-state index >= 15 is 0 Å². The lowest BCUT2D eigenvalue weighted by molar-refractivity contribution is -0.963. The Hall–Kier alpha value is -0.930. The van der Waals surface area contributed by atoms with E-state index in [0.717, 1.165) is 12.6 Å². The van der Waals surface area contributed by atoms with E-state index < -0.39 is 0 Å². The Labute approximate surface area is 123 Å². The summed E-state index contributed by atoms with van der Waals surface area (Å²) in [5.41, 5.74) is 1.25. The minimum Gasteiger partial charge on any atom is -0.332 e. The van der Waals surface area contributed by atoms with Crippen molar-refractivity contribution in [1.82, 2.24) is 4.98 Å². The monoisotopic (exact) mass is 275 g/mol. The number of piperidine rings is 1. The number of hydrogen-bond acceptors (Lipinski definition) is 1. The van der Waals surface area contributed by atoms with Gasteiger partial charge in [-0.25, -0.2) is 0 Å². The number of nitrogens with one attached hydrogen (secondary N) is 2. The van der Waals surface area contributed by atoms with Crippen LogP contribution in [-0.4, -0.2) is 37.2 Å². The molecule has 110 valence electrons. The molecule has 2 aliphatic rings. The third-order valence-electron chi connectivity index (χ3n) is 5.17. The third kappa shape index (κ3) is 3.80. The molecule has 0 aliphatic carbocycles. The van der Waals surface area contributed by atoms with Gasteiger partial charge in [-0.3, -0.25) is 4.98 Å². The highest BCUT2D eigenvalue weighted by molar-refractivity contribution is 5.01. The minimum atomic E-state index is 0.945. The first-order valence-corrected chi connectivity index (χ1v) is 8.50. The summed E-state index contributed by atoms with van der Waals surface area (Å²) in [4.78, 5) is 8.11. The topological polar surface area (TPSA) is 21.8 Å². The lowest BCUT2D eigenvalue weighted by Crippen LogP contribution is -3.20. The Morgan fingerprint density at radius 3 is 2.35 bits per heavy atom. The highest BCUT2D eigenvalue weighted by Gasteiger charge is 2.30. The van der Waals surface area contributed by atoms with Crippen LogP contribution < -0.4 is 9.80 Å². The molecule has 0 atom stereocenters. The zero-order chi connectivity index (χ0) is 13.6. The van der Waals surface area contributed by atoms with Gasteiger partial charge in [0.15, 0.2) is 0 Å². The van der Waals surface area contributed by atoms with Gasteiger partial charge < -0.3 is 9.80 Å². The van der Waals surface area contributed by atoms with Crippen molar-refractivity contribution in [3.05, 3.63) is 30.1 Å². The summed E-state index contributed by atoms with van der Waals surface area (Å²) in [6.45, 7) is 6.65. The normalized spacial score (nSPS) is 29.0. The molecule has 0 radical (unpaired) electrons. The Balaban J connectivity index is 1.46. The first-order chi connectivity index (χ1) is 9.92. The predicted molar refractivity (Wildman–Crippen MR) is 80.8 cm³/mol. The highest BCUT2D eigenvalue weighted by atomic mass is 15.2. The maximum absolute atomic E-state index is 4.47. The molecule has 0 aromatic carbocycles. The molecule has 0 saturated carbocycles. The molecule has 3 rings (SSSR count). The molecule has 1 aromatic heterocycles. The van der Waals surface area contributed by atoms with Crippen LogP contribution in [0.15, 0.2) is 24.4 Å². The number of rotatable bonds is 3. The van der Waals surface area contributed by atoms with Crippen LogP contribution >= 0.6 is 0 Å². The van der Waals surface area contributed by atoms with Crippen LogP contribution in [0.5, 0.6) is 0 Å². The second kappa shape index (κ2) is 7.19. The number of likely N-dealkylation sites (tertiary alicyclic amines) is 2. The van der Waals surface area contributed by atoms with Crippen molar-refractivity contribution >= 4 is 0 Å². The lowest BCUT2D eigenvalue weighted by atomic mass is 10.0. The predicted octanol–water partition coefficient (Wildman–Crippen LogP) is 0.0878. The van der Waals surface area contributed by atoms with Crippen LogP contribution in [0, 0.1) is 0 Å². The SMILES string of the molecule is c1ccc(C[NH+]2CCC([NH+]3CCCCCC3)CC2)nc1. The molecule has 2 saturated heterocycles. The molecule has 2 aliphatic heterocycles. The van der Waals surface area contributed by atoms with Crippen LogP contribution in [0.25, 0.3) is 0 Å². The van der Waals surface area contributed by atoms with Gasteiger partial charge in [0.25, 0.3) is 0 Å². The average molecular weight is 275 g/mol. The van der Waals surface area contributed by atoms with Gasteiger partial charge in [-0.15, -0.1) is 0 Å². The number of pyridine rings is 1. The minimum absolute atomic E-state index is 0.945. The van der Waals surface area contributed by atoms with E-state index in [9.17, 15) is 0 Å². The van der Waals surface area contributed by atoms with E-state index in [2.05, 4.69) is 17.1 Å². The van der Waals surface area contributed by atoms with Crippen molar-refractivity contribution in [2.24, 2.45) is 0 Å². The Bertz CT molecular complexity index is 376. The van der Waals surface area contributed by atoms with Gasteiger partial charge in [0.1, 0.15) is 6.54 Å². The van der Waals surface area contributed by atoms with Gasteiger partial charge in [0.2, 0.25) is 0 Å². The van der Waals surface area contributed by atoms with Crippen LogP contribution in [0.2, 0.25) is 0 Å². The summed E-state index contributed by atoms with van der Waals surface area (Å²) in [5.74, 6) is 0. The fraction of sp³-hybridized carbons (Fsp3) is 0.706. The van der Waals surface area contributed by atoms with Crippen molar-refractivity contribution < 1.29 is 9.80 Å². The van der Waals surface area contributed by atoms with E-state index in [-0.39, 0.29) is 0 Å². The van der Waals surface area contributed by atoms with Crippen LogP contribution in [0.3, 0.4) is 0 Å². The number of aromatic nitrogens is 1. The lowest BCUT2D eigenvalue weighted by Gasteiger charge is -2.33. The van der Waals surface area contributed by atoms with Crippen LogP contribution in [0.4, 0.5) is 0 Å². The molecule has 3 heterocycles. The maximum atomic E-state index is 4.47. The van der Waals surface area contributed by atoms with Gasteiger partial charge in [0, 0.05) is 19.0 Å². The first-order valence-electron chi connectivity index (χ1n) is 8.50. The summed E-state index contributed by atoms with van der Waals surface area (Å²) < 4.78 is 0. The zero-order valence-electron chi connectivity index (χ0n) is 12.6. The molecular weight excluding hydrogens is 246 g/mol. The van der Waals surface area contributed by atoms with Gasteiger partial charge in [-0.1, -0.05) is 6.07 Å². The average Bonchev–Trinajstić information content (AvgIpc) is 2.78. The van der Waals surface area contributed by atoms with Gasteiger partial charge in [-0.2, -0.15) is 0 Å². The van der Waals surface area contributed by atoms with E-state index in [4.69, 9.17) is 0 Å². The largest absolute Gasteiger partial charge is 0.332 e. The van der Waals surface area contributed by atoms with Gasteiger partial charge >= 0.3 is 0 Å². The molecule has 3 nitrogen and oxygen atoms in total. The van der Waals surface area contributed by atoms with E-state index in [1.54, 1.807) is 4.90 Å². The van der Waals surface area contributed by atoms with Gasteiger partial charge in [-0.05, 0) is 37.8 Å². The molecular formula is C17H29N3+2. The summed E-state index contributed by atoms with van der Waals surface area (Å²) in [6.07, 6.45) is 10.6. The second-order valence-electron chi connectivity index (χ2n) is 6.59. The Morgan fingerprint density at radius 1 is 0.950 bits per heavy atom. The van der Waals surface area contributed by atoms with Crippen LogP contribution in [-0.2, 0) is 6.54 Å². The molecule has 0 amide bonds. The molecule has 0 unspecified atom stereocenters. The van der Waals surface area contributed by atoms with Crippen molar-refractivity contribution in [2.75, 3.05) is 26.2 Å². The third-order valence-corrected chi connectivity index (χ3v) is 5.17. The fourth-order valence-corrected chi connectivity index (χ4v) is 3.96. The quantitative estimate of drug-likeness (QED) is 0.802. The first kappa shape index (κ1) is 14.0. The standard InChI is InChI=1S/C17H27N3/c1-2-6-12-20(11-5-1)17-8-13-19(14-9-17)15-16-7-3-4-10-18-16/h3-4,7,10,17H,1-2,5-6,8-9,11-15H2/p+2. The molecule has 3 heteroatoms. The van der Waals surface area contributed by atoms with E-state index in [1.807, 2.05) is 17.2 Å². The van der Waals surface area contributed by atoms with E-state index in [0.29, 0.717) is 0 Å². The summed E-state index contributed by atoms with van der Waals surface area (Å²) in [6, 6.07) is 7.23. The molecule has 20 heavy (non-hydrogen) atoms. The molecule has 2 fully saturated rings. The highest BCUT2D eigenvalue weighted by Crippen LogP contribution is 2.03. The number of nitrogens with zero attached hydrogens (tertiary/aromatic N) is 1. The summed E-state index contributed by atoms with van der Waals surface area (Å²) in [7, 11) is 0. The van der Waals surface area contributed by atoms with Crippen molar-refractivity contribution in [1.29, 1.82) is 0 Å². The van der Waals surface area contributed by atoms with Gasteiger partial charge in [0.05, 0.1) is 37.9 Å². The summed E-state index contributed by atoms with van der Waals surface area (Å²) >= 11 is 0. The maximum Gasteiger partial charge on any atom is 0.120 e. The molecule has 2 N–H and O–H groups in total. The smallest absolute Gasteiger partial charge is 0.120 e. The molecule has 1 aromatic rings. The Kier molecular flexibility index (Phi) is 5.04. The summed E-state index contributed by atoms with van der Waals surface area (Å²) in [5, 5.41) is 0. The zero-order valence-corrected chi connectivity index (χ0v) is 12.6.